The van der Waals surface area contributed by atoms with Gasteiger partial charge in [-0.1, -0.05) is 19.3 Å². The van der Waals surface area contributed by atoms with Gasteiger partial charge in [0.25, 0.3) is 0 Å². The summed E-state index contributed by atoms with van der Waals surface area (Å²) in [5.74, 6) is 0.770. The van der Waals surface area contributed by atoms with E-state index in [1.54, 1.807) is 0 Å². The van der Waals surface area contributed by atoms with Crippen molar-refractivity contribution >= 4 is 11.0 Å². The smallest absolute Gasteiger partial charge is 0.137 e. The molecular weight excluding hydrogens is 272 g/mol. The molecule has 22 heavy (non-hydrogen) atoms. The van der Waals surface area contributed by atoms with Crippen LogP contribution in [-0.2, 0) is 0 Å². The SMILES string of the molecule is CC(C1CCCCC1)n1cc(-c2ccnc3[nH]ccc23)cn1. The fourth-order valence-electron chi connectivity index (χ4n) is 3.75. The van der Waals surface area contributed by atoms with Crippen LogP contribution in [0.3, 0.4) is 0 Å². The Balaban J connectivity index is 1.65. The Morgan fingerprint density at radius 2 is 2.09 bits per heavy atom. The molecule has 1 N–H and O–H groups in total. The van der Waals surface area contributed by atoms with E-state index >= 15 is 0 Å². The number of aromatic nitrogens is 4. The van der Waals surface area contributed by atoms with E-state index in [1.165, 1.54) is 43.2 Å². The maximum absolute atomic E-state index is 4.64. The van der Waals surface area contributed by atoms with Gasteiger partial charge >= 0.3 is 0 Å². The van der Waals surface area contributed by atoms with Crippen LogP contribution in [0.5, 0.6) is 0 Å². The predicted octanol–water partition coefficient (Wildman–Crippen LogP) is 4.57. The van der Waals surface area contributed by atoms with Crippen molar-refractivity contribution in [2.24, 2.45) is 5.92 Å². The van der Waals surface area contributed by atoms with Gasteiger partial charge in [0.05, 0.1) is 12.2 Å². The first-order valence-electron chi connectivity index (χ1n) is 8.29. The summed E-state index contributed by atoms with van der Waals surface area (Å²) in [5, 5.41) is 5.80. The van der Waals surface area contributed by atoms with Gasteiger partial charge in [-0.25, -0.2) is 4.98 Å². The second-order valence-corrected chi connectivity index (χ2v) is 6.45. The van der Waals surface area contributed by atoms with E-state index in [0.717, 1.165) is 17.0 Å². The summed E-state index contributed by atoms with van der Waals surface area (Å²) in [6.45, 7) is 2.31. The number of aromatic amines is 1. The van der Waals surface area contributed by atoms with Gasteiger partial charge in [-0.15, -0.1) is 0 Å². The highest BCUT2D eigenvalue weighted by Gasteiger charge is 2.22. The van der Waals surface area contributed by atoms with E-state index in [-0.39, 0.29) is 0 Å². The number of H-pyrrole nitrogens is 1. The van der Waals surface area contributed by atoms with E-state index in [0.29, 0.717) is 6.04 Å². The Bertz CT molecular complexity index is 764. The van der Waals surface area contributed by atoms with Gasteiger partial charge in [-0.3, -0.25) is 4.68 Å². The Kier molecular flexibility index (Phi) is 3.45. The van der Waals surface area contributed by atoms with Gasteiger partial charge in [0, 0.05) is 29.5 Å². The van der Waals surface area contributed by atoms with Crippen LogP contribution in [0.2, 0.25) is 0 Å². The fraction of sp³-hybridized carbons (Fsp3) is 0.444. The zero-order valence-corrected chi connectivity index (χ0v) is 13.0. The number of nitrogens with one attached hydrogen (secondary N) is 1. The minimum absolute atomic E-state index is 0.484. The topological polar surface area (TPSA) is 46.5 Å². The molecule has 1 saturated carbocycles. The van der Waals surface area contributed by atoms with Crippen molar-refractivity contribution in [1.82, 2.24) is 19.7 Å². The summed E-state index contributed by atoms with van der Waals surface area (Å²) in [6.07, 6.45) is 14.8. The molecular formula is C18H22N4. The third-order valence-electron chi connectivity index (χ3n) is 5.12. The van der Waals surface area contributed by atoms with Crippen LogP contribution in [0.4, 0.5) is 0 Å². The first-order valence-corrected chi connectivity index (χ1v) is 8.29. The van der Waals surface area contributed by atoms with E-state index in [1.807, 2.05) is 18.6 Å². The summed E-state index contributed by atoms with van der Waals surface area (Å²) in [5.41, 5.74) is 3.31. The molecule has 0 aliphatic heterocycles. The highest BCUT2D eigenvalue weighted by molar-refractivity contribution is 5.92. The van der Waals surface area contributed by atoms with Crippen molar-refractivity contribution in [3.63, 3.8) is 0 Å². The van der Waals surface area contributed by atoms with Gasteiger partial charge < -0.3 is 4.98 Å². The standard InChI is InChI=1S/C18H22N4/c1-13(14-5-3-2-4-6-14)22-12-15(11-21-22)16-7-9-19-18-17(16)8-10-20-18/h7-14H,2-6H2,1H3,(H,19,20). The van der Waals surface area contributed by atoms with Gasteiger partial charge in [0.1, 0.15) is 5.65 Å². The summed E-state index contributed by atoms with van der Waals surface area (Å²) in [7, 11) is 0. The lowest BCUT2D eigenvalue weighted by Crippen LogP contribution is -2.19. The van der Waals surface area contributed by atoms with Crippen molar-refractivity contribution in [2.75, 3.05) is 0 Å². The number of pyridine rings is 1. The molecule has 3 heterocycles. The molecule has 0 radical (unpaired) electrons. The Hall–Kier alpha value is -2.10. The third-order valence-corrected chi connectivity index (χ3v) is 5.12. The van der Waals surface area contributed by atoms with Crippen LogP contribution in [-0.4, -0.2) is 19.7 Å². The molecule has 4 heteroatoms. The Morgan fingerprint density at radius 3 is 2.95 bits per heavy atom. The molecule has 0 amide bonds. The second-order valence-electron chi connectivity index (χ2n) is 6.45. The van der Waals surface area contributed by atoms with Crippen LogP contribution in [0.1, 0.15) is 45.1 Å². The molecule has 4 nitrogen and oxygen atoms in total. The van der Waals surface area contributed by atoms with Crippen molar-refractivity contribution < 1.29 is 0 Å². The zero-order valence-electron chi connectivity index (χ0n) is 13.0. The highest BCUT2D eigenvalue weighted by Crippen LogP contribution is 2.33. The van der Waals surface area contributed by atoms with Crippen LogP contribution in [0.25, 0.3) is 22.2 Å². The van der Waals surface area contributed by atoms with Crippen molar-refractivity contribution in [3.05, 3.63) is 36.9 Å². The first kappa shape index (κ1) is 13.6. The summed E-state index contributed by atoms with van der Waals surface area (Å²) in [4.78, 5) is 7.53. The number of hydrogen-bond donors (Lipinski definition) is 1. The average Bonchev–Trinajstić information content (AvgIpc) is 3.24. The minimum atomic E-state index is 0.484. The van der Waals surface area contributed by atoms with Gasteiger partial charge in [-0.05, 0) is 43.4 Å². The van der Waals surface area contributed by atoms with Crippen LogP contribution < -0.4 is 0 Å². The van der Waals surface area contributed by atoms with Crippen LogP contribution in [0, 0.1) is 5.92 Å². The normalized spacial score (nSPS) is 17.9. The predicted molar refractivity (Wildman–Crippen MR) is 88.6 cm³/mol. The van der Waals surface area contributed by atoms with E-state index in [2.05, 4.69) is 45.0 Å². The zero-order chi connectivity index (χ0) is 14.9. The molecule has 0 aromatic carbocycles. The lowest BCUT2D eigenvalue weighted by atomic mass is 9.85. The minimum Gasteiger partial charge on any atom is -0.346 e. The number of rotatable bonds is 3. The molecule has 3 aromatic rings. The Morgan fingerprint density at radius 1 is 1.23 bits per heavy atom. The van der Waals surface area contributed by atoms with Crippen molar-refractivity contribution in [3.8, 4) is 11.1 Å². The second kappa shape index (κ2) is 5.59. The quantitative estimate of drug-likeness (QED) is 0.769. The molecule has 0 saturated heterocycles. The summed E-state index contributed by atoms with van der Waals surface area (Å²) < 4.78 is 2.16. The van der Waals surface area contributed by atoms with Gasteiger partial charge in [0.15, 0.2) is 0 Å². The van der Waals surface area contributed by atoms with E-state index in [9.17, 15) is 0 Å². The van der Waals surface area contributed by atoms with Gasteiger partial charge in [-0.2, -0.15) is 5.10 Å². The van der Waals surface area contributed by atoms with E-state index in [4.69, 9.17) is 0 Å². The molecule has 1 fully saturated rings. The summed E-state index contributed by atoms with van der Waals surface area (Å²) in [6, 6.07) is 4.64. The van der Waals surface area contributed by atoms with Gasteiger partial charge in [0.2, 0.25) is 0 Å². The molecule has 1 atom stereocenters. The maximum atomic E-state index is 4.64. The maximum Gasteiger partial charge on any atom is 0.137 e. The lowest BCUT2D eigenvalue weighted by Gasteiger charge is -2.27. The van der Waals surface area contributed by atoms with Crippen molar-refractivity contribution in [1.29, 1.82) is 0 Å². The van der Waals surface area contributed by atoms with Crippen LogP contribution >= 0.6 is 0 Å². The molecule has 0 spiro atoms. The average molecular weight is 294 g/mol. The molecule has 0 bridgehead atoms. The third kappa shape index (κ3) is 2.32. The Labute approximate surface area is 130 Å². The molecule has 4 rings (SSSR count). The van der Waals surface area contributed by atoms with Crippen LogP contribution in [0.15, 0.2) is 36.9 Å². The molecule has 114 valence electrons. The first-order chi connectivity index (χ1) is 10.8. The largest absolute Gasteiger partial charge is 0.346 e. The number of hydrogen-bond acceptors (Lipinski definition) is 2. The number of nitrogens with zero attached hydrogens (tertiary/aromatic N) is 3. The molecule has 1 aliphatic carbocycles. The lowest BCUT2D eigenvalue weighted by molar-refractivity contribution is 0.250. The molecule has 1 unspecified atom stereocenters. The molecule has 1 aliphatic rings. The van der Waals surface area contributed by atoms with E-state index < -0.39 is 0 Å². The summed E-state index contributed by atoms with van der Waals surface area (Å²) >= 11 is 0. The fourth-order valence-corrected chi connectivity index (χ4v) is 3.75. The highest BCUT2D eigenvalue weighted by atomic mass is 15.3. The van der Waals surface area contributed by atoms with Crippen molar-refractivity contribution in [2.45, 2.75) is 45.1 Å². The number of fused-ring (bicyclic) bond motifs is 1. The monoisotopic (exact) mass is 294 g/mol. The molecule has 3 aromatic heterocycles.